The van der Waals surface area contributed by atoms with Gasteiger partial charge in [0.15, 0.2) is 0 Å². The van der Waals surface area contributed by atoms with Gasteiger partial charge in [-0.15, -0.1) is 0 Å². The molecule has 0 saturated heterocycles. The minimum absolute atomic E-state index is 0.324. The smallest absolute Gasteiger partial charge is 0.0713 e. The molecule has 90 valence electrons. The molecule has 16 heavy (non-hydrogen) atoms. The van der Waals surface area contributed by atoms with Crippen molar-refractivity contribution in [3.05, 3.63) is 11.6 Å². The van der Waals surface area contributed by atoms with E-state index in [1.54, 1.807) is 5.57 Å². The fraction of sp³-hybridized carbons (Fsp3) is 0.867. The highest BCUT2D eigenvalue weighted by molar-refractivity contribution is 5.22. The lowest BCUT2D eigenvalue weighted by Gasteiger charge is -2.48. The second kappa shape index (κ2) is 3.35. The van der Waals surface area contributed by atoms with E-state index in [4.69, 9.17) is 0 Å². The van der Waals surface area contributed by atoms with Crippen molar-refractivity contribution in [1.29, 1.82) is 0 Å². The van der Waals surface area contributed by atoms with Gasteiger partial charge in [-0.3, -0.25) is 0 Å². The summed E-state index contributed by atoms with van der Waals surface area (Å²) in [5, 5.41) is 10.7. The van der Waals surface area contributed by atoms with Gasteiger partial charge in [0.2, 0.25) is 0 Å². The minimum atomic E-state index is -0.324. The molecule has 0 aromatic carbocycles. The summed E-state index contributed by atoms with van der Waals surface area (Å²) in [4.78, 5) is 0. The topological polar surface area (TPSA) is 20.2 Å². The Morgan fingerprint density at radius 2 is 2.12 bits per heavy atom. The van der Waals surface area contributed by atoms with Crippen LogP contribution in [0.25, 0.3) is 0 Å². The number of fused-ring (bicyclic) bond motifs is 2. The molecule has 0 radical (unpaired) electrons. The van der Waals surface area contributed by atoms with Gasteiger partial charge in [0.05, 0.1) is 5.60 Å². The SMILES string of the molecule is CC1(C)CCC=C2C[C@@]3(O)CCC[C@@H]3C[C@@H]21. The maximum Gasteiger partial charge on any atom is 0.0713 e. The average molecular weight is 220 g/mol. The standard InChI is InChI=1S/C15H24O/c1-14(2)7-3-5-11-10-15(16)8-4-6-12(15)9-13(11)14/h5,12-13,16H,3-4,6-10H2,1-2H3/t12-,13+,15+/m1/s1. The lowest BCUT2D eigenvalue weighted by atomic mass is 9.58. The van der Waals surface area contributed by atoms with Crippen LogP contribution in [0.15, 0.2) is 11.6 Å². The van der Waals surface area contributed by atoms with E-state index in [0.717, 1.165) is 18.8 Å². The molecule has 0 amide bonds. The van der Waals surface area contributed by atoms with E-state index in [9.17, 15) is 5.11 Å². The molecule has 0 bridgehead atoms. The van der Waals surface area contributed by atoms with Crippen molar-refractivity contribution >= 4 is 0 Å². The van der Waals surface area contributed by atoms with Crippen molar-refractivity contribution < 1.29 is 5.11 Å². The van der Waals surface area contributed by atoms with Crippen molar-refractivity contribution in [3.63, 3.8) is 0 Å². The number of hydrogen-bond acceptors (Lipinski definition) is 1. The van der Waals surface area contributed by atoms with Crippen LogP contribution in [-0.4, -0.2) is 10.7 Å². The van der Waals surface area contributed by atoms with Gasteiger partial charge >= 0.3 is 0 Å². The van der Waals surface area contributed by atoms with Gasteiger partial charge in [-0.25, -0.2) is 0 Å². The van der Waals surface area contributed by atoms with Crippen LogP contribution in [0.5, 0.6) is 0 Å². The van der Waals surface area contributed by atoms with Crippen LogP contribution < -0.4 is 0 Å². The van der Waals surface area contributed by atoms with Crippen LogP contribution >= 0.6 is 0 Å². The maximum atomic E-state index is 10.7. The number of rotatable bonds is 0. The zero-order valence-corrected chi connectivity index (χ0v) is 10.6. The van der Waals surface area contributed by atoms with E-state index in [2.05, 4.69) is 19.9 Å². The van der Waals surface area contributed by atoms with E-state index in [1.165, 1.54) is 32.1 Å². The number of hydrogen-bond donors (Lipinski definition) is 1. The lowest BCUT2D eigenvalue weighted by molar-refractivity contribution is -0.0374. The van der Waals surface area contributed by atoms with Crippen molar-refractivity contribution in [2.24, 2.45) is 17.3 Å². The van der Waals surface area contributed by atoms with E-state index in [-0.39, 0.29) is 5.60 Å². The van der Waals surface area contributed by atoms with Gasteiger partial charge in [-0.2, -0.15) is 0 Å². The Morgan fingerprint density at radius 1 is 1.31 bits per heavy atom. The van der Waals surface area contributed by atoms with Crippen LogP contribution in [-0.2, 0) is 0 Å². The fourth-order valence-corrected chi connectivity index (χ4v) is 4.45. The quantitative estimate of drug-likeness (QED) is 0.617. The van der Waals surface area contributed by atoms with Gasteiger partial charge in [0.25, 0.3) is 0 Å². The van der Waals surface area contributed by atoms with Crippen LogP contribution in [0.4, 0.5) is 0 Å². The summed E-state index contributed by atoms with van der Waals surface area (Å²) in [6.07, 6.45) is 10.7. The molecular formula is C15H24O. The number of aliphatic hydroxyl groups is 1. The number of allylic oxidation sites excluding steroid dienone is 1. The minimum Gasteiger partial charge on any atom is -0.389 e. The van der Waals surface area contributed by atoms with Gasteiger partial charge in [-0.05, 0) is 55.8 Å². The van der Waals surface area contributed by atoms with Gasteiger partial charge in [0, 0.05) is 0 Å². The molecule has 0 aromatic rings. The van der Waals surface area contributed by atoms with Crippen LogP contribution in [0.2, 0.25) is 0 Å². The normalized spacial score (nSPS) is 45.8. The highest BCUT2D eigenvalue weighted by atomic mass is 16.3. The molecule has 2 saturated carbocycles. The molecule has 3 aliphatic carbocycles. The molecule has 0 unspecified atom stereocenters. The third-order valence-electron chi connectivity index (χ3n) is 5.54. The molecule has 1 nitrogen and oxygen atoms in total. The third kappa shape index (κ3) is 1.48. The van der Waals surface area contributed by atoms with E-state index in [1.807, 2.05) is 0 Å². The van der Waals surface area contributed by atoms with Gasteiger partial charge in [-0.1, -0.05) is 31.9 Å². The van der Waals surface area contributed by atoms with E-state index >= 15 is 0 Å². The van der Waals surface area contributed by atoms with Gasteiger partial charge < -0.3 is 5.11 Å². The van der Waals surface area contributed by atoms with Crippen LogP contribution in [0.3, 0.4) is 0 Å². The van der Waals surface area contributed by atoms with Crippen molar-refractivity contribution in [2.45, 2.75) is 64.4 Å². The molecule has 3 rings (SSSR count). The zero-order valence-electron chi connectivity index (χ0n) is 10.6. The zero-order chi connectivity index (χ0) is 11.4. The third-order valence-corrected chi connectivity index (χ3v) is 5.54. The summed E-state index contributed by atoms with van der Waals surface area (Å²) in [5.74, 6) is 1.34. The first-order chi connectivity index (χ1) is 7.51. The summed E-state index contributed by atoms with van der Waals surface area (Å²) < 4.78 is 0. The first kappa shape index (κ1) is 10.8. The van der Waals surface area contributed by atoms with Gasteiger partial charge in [0.1, 0.15) is 0 Å². The Bertz CT molecular complexity index is 328. The Hall–Kier alpha value is -0.300. The average Bonchev–Trinajstić information content (AvgIpc) is 2.55. The van der Waals surface area contributed by atoms with Crippen molar-refractivity contribution in [1.82, 2.24) is 0 Å². The maximum absolute atomic E-state index is 10.7. The monoisotopic (exact) mass is 220 g/mol. The highest BCUT2D eigenvalue weighted by Gasteiger charge is 2.50. The molecular weight excluding hydrogens is 196 g/mol. The molecule has 0 aromatic heterocycles. The Morgan fingerprint density at radius 3 is 2.94 bits per heavy atom. The largest absolute Gasteiger partial charge is 0.389 e. The van der Waals surface area contributed by atoms with Crippen LogP contribution in [0.1, 0.15) is 58.8 Å². The fourth-order valence-electron chi connectivity index (χ4n) is 4.45. The second-order valence-electron chi connectivity index (χ2n) is 6.96. The predicted molar refractivity (Wildman–Crippen MR) is 66.1 cm³/mol. The molecule has 0 heterocycles. The van der Waals surface area contributed by atoms with E-state index in [0.29, 0.717) is 11.3 Å². The lowest BCUT2D eigenvalue weighted by Crippen LogP contribution is -2.44. The summed E-state index contributed by atoms with van der Waals surface area (Å²) in [6, 6.07) is 0. The molecule has 0 spiro atoms. The first-order valence-corrected chi connectivity index (χ1v) is 6.93. The molecule has 3 atom stereocenters. The second-order valence-corrected chi connectivity index (χ2v) is 6.96. The molecule has 2 fully saturated rings. The first-order valence-electron chi connectivity index (χ1n) is 6.93. The van der Waals surface area contributed by atoms with Crippen molar-refractivity contribution in [2.75, 3.05) is 0 Å². The summed E-state index contributed by atoms with van der Waals surface area (Å²) in [7, 11) is 0. The highest BCUT2D eigenvalue weighted by Crippen LogP contribution is 2.56. The Balaban J connectivity index is 1.91. The predicted octanol–water partition coefficient (Wildman–Crippen LogP) is 3.67. The van der Waals surface area contributed by atoms with E-state index < -0.39 is 0 Å². The Labute approximate surface area is 98.9 Å². The molecule has 3 aliphatic rings. The Kier molecular flexibility index (Phi) is 2.27. The molecule has 0 aliphatic heterocycles. The summed E-state index contributed by atoms with van der Waals surface area (Å²) >= 11 is 0. The van der Waals surface area contributed by atoms with Crippen LogP contribution in [0, 0.1) is 17.3 Å². The molecule has 1 N–H and O–H groups in total. The van der Waals surface area contributed by atoms with Crippen molar-refractivity contribution in [3.8, 4) is 0 Å². The molecule has 1 heteroatoms. The summed E-state index contributed by atoms with van der Waals surface area (Å²) in [5.41, 5.74) is 1.72. The summed E-state index contributed by atoms with van der Waals surface area (Å²) in [6.45, 7) is 4.84.